The molecule has 0 aliphatic heterocycles. The van der Waals surface area contributed by atoms with Gasteiger partial charge in [-0.2, -0.15) is 0 Å². The van der Waals surface area contributed by atoms with Crippen LogP contribution in [0.15, 0.2) is 16.7 Å². The molecule has 0 unspecified atom stereocenters. The van der Waals surface area contributed by atoms with E-state index in [1.165, 1.54) is 19.1 Å². The first-order chi connectivity index (χ1) is 7.75. The standard InChI is InChI=1S/C12H18O4/c1-2-3-4-5-7-15-9-10-6-8-16-11(10)12(13)14/h6,8H,2-5,7,9H2,1H3,(H,13,14). The lowest BCUT2D eigenvalue weighted by molar-refractivity contribution is 0.0649. The highest BCUT2D eigenvalue weighted by atomic mass is 16.5. The Morgan fingerprint density at radius 1 is 1.44 bits per heavy atom. The number of hydrogen-bond donors (Lipinski definition) is 1. The van der Waals surface area contributed by atoms with Crippen LogP contribution < -0.4 is 0 Å². The molecular weight excluding hydrogens is 208 g/mol. The number of unbranched alkanes of at least 4 members (excludes halogenated alkanes) is 3. The second-order valence-corrected chi connectivity index (χ2v) is 3.69. The summed E-state index contributed by atoms with van der Waals surface area (Å²) in [6.45, 7) is 3.14. The Bertz CT molecular complexity index is 317. The van der Waals surface area contributed by atoms with Crippen LogP contribution in [-0.4, -0.2) is 17.7 Å². The summed E-state index contributed by atoms with van der Waals surface area (Å²) in [5.41, 5.74) is 0.600. The SMILES string of the molecule is CCCCCCOCc1ccoc1C(=O)O. The average Bonchev–Trinajstić information content (AvgIpc) is 2.71. The first-order valence-corrected chi connectivity index (χ1v) is 5.63. The van der Waals surface area contributed by atoms with E-state index in [-0.39, 0.29) is 5.76 Å². The molecule has 16 heavy (non-hydrogen) atoms. The van der Waals surface area contributed by atoms with Crippen LogP contribution in [0.4, 0.5) is 0 Å². The van der Waals surface area contributed by atoms with E-state index in [0.29, 0.717) is 18.8 Å². The summed E-state index contributed by atoms with van der Waals surface area (Å²) in [5.74, 6) is -1.07. The molecule has 1 rings (SSSR count). The third-order valence-corrected chi connectivity index (χ3v) is 2.34. The van der Waals surface area contributed by atoms with Crippen LogP contribution in [0.1, 0.15) is 48.7 Å². The van der Waals surface area contributed by atoms with Crippen molar-refractivity contribution in [2.24, 2.45) is 0 Å². The zero-order valence-electron chi connectivity index (χ0n) is 9.57. The second-order valence-electron chi connectivity index (χ2n) is 3.69. The van der Waals surface area contributed by atoms with Crippen molar-refractivity contribution in [2.75, 3.05) is 6.61 Å². The second kappa shape index (κ2) is 7.06. The van der Waals surface area contributed by atoms with Crippen molar-refractivity contribution < 1.29 is 19.1 Å². The fourth-order valence-electron chi connectivity index (χ4n) is 1.45. The Kier molecular flexibility index (Phi) is 5.64. The maximum Gasteiger partial charge on any atom is 0.372 e. The van der Waals surface area contributed by atoms with Crippen molar-refractivity contribution in [1.29, 1.82) is 0 Å². The van der Waals surface area contributed by atoms with Gasteiger partial charge in [0.1, 0.15) is 0 Å². The van der Waals surface area contributed by atoms with Crippen molar-refractivity contribution in [3.05, 3.63) is 23.7 Å². The van der Waals surface area contributed by atoms with Gasteiger partial charge in [0.25, 0.3) is 0 Å². The summed E-state index contributed by atoms with van der Waals surface area (Å²) in [6, 6.07) is 1.63. The lowest BCUT2D eigenvalue weighted by Crippen LogP contribution is -2.01. The van der Waals surface area contributed by atoms with Crippen LogP contribution in [0.2, 0.25) is 0 Å². The molecule has 1 N–H and O–H groups in total. The molecule has 0 fully saturated rings. The highest BCUT2D eigenvalue weighted by molar-refractivity contribution is 5.85. The van der Waals surface area contributed by atoms with Crippen LogP contribution in [-0.2, 0) is 11.3 Å². The molecule has 0 aromatic carbocycles. The number of carboxylic acids is 1. The Balaban J connectivity index is 2.21. The molecule has 4 heteroatoms. The first-order valence-electron chi connectivity index (χ1n) is 5.63. The zero-order valence-corrected chi connectivity index (χ0v) is 9.57. The Labute approximate surface area is 95.2 Å². The van der Waals surface area contributed by atoms with E-state index in [9.17, 15) is 4.79 Å². The molecule has 0 saturated heterocycles. The molecule has 0 atom stereocenters. The van der Waals surface area contributed by atoms with Gasteiger partial charge in [0.15, 0.2) is 0 Å². The average molecular weight is 226 g/mol. The summed E-state index contributed by atoms with van der Waals surface area (Å²) in [7, 11) is 0. The lowest BCUT2D eigenvalue weighted by Gasteiger charge is -2.02. The van der Waals surface area contributed by atoms with E-state index in [4.69, 9.17) is 14.3 Å². The van der Waals surface area contributed by atoms with Crippen LogP contribution in [0.3, 0.4) is 0 Å². The van der Waals surface area contributed by atoms with Gasteiger partial charge in [0.05, 0.1) is 12.9 Å². The molecule has 0 aliphatic rings. The van der Waals surface area contributed by atoms with E-state index in [1.807, 2.05) is 0 Å². The third kappa shape index (κ3) is 4.06. The predicted molar refractivity (Wildman–Crippen MR) is 59.5 cm³/mol. The minimum Gasteiger partial charge on any atom is -0.475 e. The number of hydrogen-bond acceptors (Lipinski definition) is 3. The highest BCUT2D eigenvalue weighted by Gasteiger charge is 2.13. The summed E-state index contributed by atoms with van der Waals surface area (Å²) in [5, 5.41) is 8.78. The molecule has 1 heterocycles. The lowest BCUT2D eigenvalue weighted by atomic mass is 10.2. The van der Waals surface area contributed by atoms with E-state index < -0.39 is 5.97 Å². The van der Waals surface area contributed by atoms with Gasteiger partial charge >= 0.3 is 5.97 Å². The minimum absolute atomic E-state index is 0.0199. The van der Waals surface area contributed by atoms with Gasteiger partial charge in [-0.25, -0.2) is 4.79 Å². The molecule has 1 aromatic rings. The quantitative estimate of drug-likeness (QED) is 0.692. The predicted octanol–water partition coefficient (Wildman–Crippen LogP) is 3.07. The molecule has 1 aromatic heterocycles. The maximum atomic E-state index is 10.7. The van der Waals surface area contributed by atoms with E-state index in [2.05, 4.69) is 6.92 Å². The Hall–Kier alpha value is -1.29. The summed E-state index contributed by atoms with van der Waals surface area (Å²) >= 11 is 0. The molecule has 0 spiro atoms. The van der Waals surface area contributed by atoms with Gasteiger partial charge in [0.2, 0.25) is 5.76 Å². The van der Waals surface area contributed by atoms with Crippen molar-refractivity contribution in [1.82, 2.24) is 0 Å². The number of carbonyl (C=O) groups is 1. The fourth-order valence-corrected chi connectivity index (χ4v) is 1.45. The molecule has 0 amide bonds. The number of rotatable bonds is 8. The number of carboxylic acid groups (broad SMARTS) is 1. The van der Waals surface area contributed by atoms with Crippen molar-refractivity contribution in [3.8, 4) is 0 Å². The summed E-state index contributed by atoms with van der Waals surface area (Å²) in [6.07, 6.45) is 5.97. The molecule has 0 radical (unpaired) electrons. The minimum atomic E-state index is -1.05. The van der Waals surface area contributed by atoms with Gasteiger partial charge in [-0.05, 0) is 12.5 Å². The van der Waals surface area contributed by atoms with Gasteiger partial charge in [0, 0.05) is 12.2 Å². The van der Waals surface area contributed by atoms with Crippen molar-refractivity contribution in [3.63, 3.8) is 0 Å². The molecule has 0 saturated carbocycles. The van der Waals surface area contributed by atoms with Gasteiger partial charge < -0.3 is 14.3 Å². The first kappa shape index (κ1) is 12.8. The third-order valence-electron chi connectivity index (χ3n) is 2.34. The van der Waals surface area contributed by atoms with Crippen LogP contribution in [0.5, 0.6) is 0 Å². The smallest absolute Gasteiger partial charge is 0.372 e. The molecule has 4 nitrogen and oxygen atoms in total. The number of furan rings is 1. The van der Waals surface area contributed by atoms with Gasteiger partial charge in [-0.1, -0.05) is 26.2 Å². The zero-order chi connectivity index (χ0) is 11.8. The van der Waals surface area contributed by atoms with Gasteiger partial charge in [-0.3, -0.25) is 0 Å². The molecule has 0 aliphatic carbocycles. The van der Waals surface area contributed by atoms with E-state index >= 15 is 0 Å². The number of aromatic carboxylic acids is 1. The monoisotopic (exact) mass is 226 g/mol. The van der Waals surface area contributed by atoms with Crippen molar-refractivity contribution in [2.45, 2.75) is 39.2 Å². The van der Waals surface area contributed by atoms with Crippen LogP contribution in [0.25, 0.3) is 0 Å². The largest absolute Gasteiger partial charge is 0.475 e. The van der Waals surface area contributed by atoms with Crippen LogP contribution in [0, 0.1) is 0 Å². The summed E-state index contributed by atoms with van der Waals surface area (Å²) in [4.78, 5) is 10.7. The summed E-state index contributed by atoms with van der Waals surface area (Å²) < 4.78 is 10.2. The van der Waals surface area contributed by atoms with Gasteiger partial charge in [-0.15, -0.1) is 0 Å². The molecule has 90 valence electrons. The maximum absolute atomic E-state index is 10.7. The molecule has 0 bridgehead atoms. The Morgan fingerprint density at radius 2 is 2.25 bits per heavy atom. The normalized spacial score (nSPS) is 10.6. The number of ether oxygens (including phenoxy) is 1. The topological polar surface area (TPSA) is 59.7 Å². The van der Waals surface area contributed by atoms with E-state index in [0.717, 1.165) is 12.8 Å². The molecular formula is C12H18O4. The van der Waals surface area contributed by atoms with E-state index in [1.54, 1.807) is 6.07 Å². The van der Waals surface area contributed by atoms with Crippen LogP contribution >= 0.6 is 0 Å². The Morgan fingerprint density at radius 3 is 2.94 bits per heavy atom. The highest BCUT2D eigenvalue weighted by Crippen LogP contribution is 2.12. The fraction of sp³-hybridized carbons (Fsp3) is 0.583. The van der Waals surface area contributed by atoms with Crippen molar-refractivity contribution >= 4 is 5.97 Å².